The summed E-state index contributed by atoms with van der Waals surface area (Å²) in [6.45, 7) is 0.970. The summed E-state index contributed by atoms with van der Waals surface area (Å²) in [4.78, 5) is 0.234. The molecule has 112 valence electrons. The molecule has 5 nitrogen and oxygen atoms in total. The molecule has 0 fully saturated rings. The summed E-state index contributed by atoms with van der Waals surface area (Å²) in [5.74, 6) is 0. The van der Waals surface area contributed by atoms with Crippen LogP contribution in [0.3, 0.4) is 0 Å². The van der Waals surface area contributed by atoms with E-state index in [0.717, 1.165) is 11.1 Å². The molecule has 2 aromatic carbocycles. The summed E-state index contributed by atoms with van der Waals surface area (Å²) in [7, 11) is -2.09. The van der Waals surface area contributed by atoms with Gasteiger partial charge >= 0.3 is 0 Å². The van der Waals surface area contributed by atoms with Gasteiger partial charge in [-0.05, 0) is 30.3 Å². The lowest BCUT2D eigenvalue weighted by molar-refractivity contribution is 0.588. The minimum atomic E-state index is -3.49. The topological polar surface area (TPSA) is 84.2 Å². The van der Waals surface area contributed by atoms with Crippen LogP contribution in [0.2, 0.25) is 0 Å². The van der Waals surface area contributed by atoms with Crippen molar-refractivity contribution in [3.05, 3.63) is 59.7 Å². The molecule has 2 rings (SSSR count). The molecule has 0 radical (unpaired) electrons. The maximum atomic E-state index is 12.0. The van der Waals surface area contributed by atoms with E-state index in [0.29, 0.717) is 18.8 Å². The Morgan fingerprint density at radius 2 is 1.62 bits per heavy atom. The van der Waals surface area contributed by atoms with Crippen LogP contribution in [0, 0.1) is 0 Å². The number of para-hydroxylation sites is 1. The molecule has 2 aromatic rings. The van der Waals surface area contributed by atoms with Gasteiger partial charge in [-0.1, -0.05) is 36.4 Å². The minimum absolute atomic E-state index is 0.234. The highest BCUT2D eigenvalue weighted by molar-refractivity contribution is 7.89. The predicted octanol–water partition coefficient (Wildman–Crippen LogP) is 1.67. The van der Waals surface area contributed by atoms with Gasteiger partial charge in [-0.15, -0.1) is 0 Å². The van der Waals surface area contributed by atoms with Crippen LogP contribution in [0.15, 0.2) is 53.4 Å². The maximum absolute atomic E-state index is 12.0. The smallest absolute Gasteiger partial charge is 0.242 e. The molecular formula is C15H19N3O2S. The van der Waals surface area contributed by atoms with Crippen molar-refractivity contribution >= 4 is 15.7 Å². The van der Waals surface area contributed by atoms with E-state index in [1.807, 2.05) is 24.3 Å². The molecule has 0 aliphatic rings. The molecule has 4 N–H and O–H groups in total. The fraction of sp³-hybridized carbons (Fsp3) is 0.200. The van der Waals surface area contributed by atoms with Gasteiger partial charge in [0.1, 0.15) is 4.90 Å². The Hall–Kier alpha value is -1.89. The number of anilines is 1. The van der Waals surface area contributed by atoms with Crippen LogP contribution in [0.4, 0.5) is 5.69 Å². The van der Waals surface area contributed by atoms with Crippen molar-refractivity contribution in [3.63, 3.8) is 0 Å². The predicted molar refractivity (Wildman–Crippen MR) is 84.3 cm³/mol. The van der Waals surface area contributed by atoms with Gasteiger partial charge in [-0.3, -0.25) is 0 Å². The molecule has 0 spiro atoms. The third kappa shape index (κ3) is 3.60. The zero-order valence-electron chi connectivity index (χ0n) is 11.8. The van der Waals surface area contributed by atoms with Crippen LogP contribution in [0.25, 0.3) is 0 Å². The zero-order chi connectivity index (χ0) is 15.3. The maximum Gasteiger partial charge on any atom is 0.242 e. The Morgan fingerprint density at radius 1 is 1.00 bits per heavy atom. The summed E-state index contributed by atoms with van der Waals surface area (Å²) < 4.78 is 26.3. The minimum Gasteiger partial charge on any atom is -0.380 e. The van der Waals surface area contributed by atoms with Gasteiger partial charge in [0.2, 0.25) is 10.0 Å². The largest absolute Gasteiger partial charge is 0.380 e. The third-order valence-corrected chi connectivity index (χ3v) is 4.73. The molecule has 0 aliphatic carbocycles. The monoisotopic (exact) mass is 305 g/mol. The second kappa shape index (κ2) is 6.71. The Labute approximate surface area is 125 Å². The Morgan fingerprint density at radius 3 is 2.29 bits per heavy atom. The van der Waals surface area contributed by atoms with Crippen LogP contribution in [0.5, 0.6) is 0 Å². The number of nitrogens with two attached hydrogens (primary N) is 1. The molecule has 0 unspecified atom stereocenters. The van der Waals surface area contributed by atoms with Crippen molar-refractivity contribution in [1.29, 1.82) is 0 Å². The number of hydrogen-bond acceptors (Lipinski definition) is 4. The summed E-state index contributed by atoms with van der Waals surface area (Å²) in [5.41, 5.74) is 8.37. The lowest BCUT2D eigenvalue weighted by Gasteiger charge is -2.13. The third-order valence-electron chi connectivity index (χ3n) is 3.25. The average Bonchev–Trinajstić information content (AvgIpc) is 2.53. The molecule has 0 saturated carbocycles. The standard InChI is InChI=1S/C15H19N3O2S/c1-17-21(19,20)15-9-5-4-8-14(15)18-11-13-7-3-2-6-12(13)10-16/h2-9,17-18H,10-11,16H2,1H3. The first kappa shape index (κ1) is 15.5. The first-order valence-corrected chi connectivity index (χ1v) is 8.10. The summed E-state index contributed by atoms with van der Waals surface area (Å²) in [6.07, 6.45) is 0. The lowest BCUT2D eigenvalue weighted by Crippen LogP contribution is -2.20. The summed E-state index contributed by atoms with van der Waals surface area (Å²) >= 11 is 0. The van der Waals surface area contributed by atoms with Crippen molar-refractivity contribution in [2.75, 3.05) is 12.4 Å². The van der Waals surface area contributed by atoms with Crippen molar-refractivity contribution < 1.29 is 8.42 Å². The van der Waals surface area contributed by atoms with E-state index in [1.54, 1.807) is 24.3 Å². The van der Waals surface area contributed by atoms with Gasteiger partial charge in [-0.2, -0.15) is 0 Å². The highest BCUT2D eigenvalue weighted by Crippen LogP contribution is 2.21. The van der Waals surface area contributed by atoms with Gasteiger partial charge in [0, 0.05) is 13.1 Å². The van der Waals surface area contributed by atoms with Crippen LogP contribution < -0.4 is 15.8 Å². The quantitative estimate of drug-likeness (QED) is 0.758. The Kier molecular flexibility index (Phi) is 4.95. The highest BCUT2D eigenvalue weighted by Gasteiger charge is 2.15. The molecule has 0 heterocycles. The van der Waals surface area contributed by atoms with Crippen molar-refractivity contribution in [2.45, 2.75) is 18.0 Å². The first-order chi connectivity index (χ1) is 10.1. The molecular weight excluding hydrogens is 286 g/mol. The van der Waals surface area contributed by atoms with E-state index in [1.165, 1.54) is 7.05 Å². The van der Waals surface area contributed by atoms with E-state index in [2.05, 4.69) is 10.0 Å². The second-order valence-corrected chi connectivity index (χ2v) is 6.39. The van der Waals surface area contributed by atoms with Crippen molar-refractivity contribution in [2.24, 2.45) is 5.73 Å². The van der Waals surface area contributed by atoms with E-state index < -0.39 is 10.0 Å². The van der Waals surface area contributed by atoms with Gasteiger partial charge < -0.3 is 11.1 Å². The van der Waals surface area contributed by atoms with E-state index in [9.17, 15) is 8.42 Å². The Balaban J connectivity index is 2.25. The van der Waals surface area contributed by atoms with Crippen LogP contribution in [-0.4, -0.2) is 15.5 Å². The van der Waals surface area contributed by atoms with Gasteiger partial charge in [-0.25, -0.2) is 13.1 Å². The normalized spacial score (nSPS) is 11.3. The number of benzene rings is 2. The Bertz CT molecular complexity index is 714. The molecule has 21 heavy (non-hydrogen) atoms. The van der Waals surface area contributed by atoms with Gasteiger partial charge in [0.15, 0.2) is 0 Å². The molecule has 0 aliphatic heterocycles. The van der Waals surface area contributed by atoms with E-state index in [4.69, 9.17) is 5.73 Å². The number of rotatable bonds is 6. The molecule has 0 amide bonds. The number of nitrogens with one attached hydrogen (secondary N) is 2. The number of hydrogen-bond donors (Lipinski definition) is 3. The molecule has 0 bridgehead atoms. The average molecular weight is 305 g/mol. The van der Waals surface area contributed by atoms with E-state index >= 15 is 0 Å². The van der Waals surface area contributed by atoms with Crippen LogP contribution in [0.1, 0.15) is 11.1 Å². The fourth-order valence-electron chi connectivity index (χ4n) is 2.08. The molecule has 6 heteroatoms. The SMILES string of the molecule is CNS(=O)(=O)c1ccccc1NCc1ccccc1CN. The summed E-state index contributed by atoms with van der Waals surface area (Å²) in [6, 6.07) is 14.6. The van der Waals surface area contributed by atoms with Crippen molar-refractivity contribution in [3.8, 4) is 0 Å². The number of sulfonamides is 1. The highest BCUT2D eigenvalue weighted by atomic mass is 32.2. The van der Waals surface area contributed by atoms with Crippen LogP contribution >= 0.6 is 0 Å². The molecule has 0 atom stereocenters. The second-order valence-electron chi connectivity index (χ2n) is 4.53. The first-order valence-electron chi connectivity index (χ1n) is 6.62. The fourth-order valence-corrected chi connectivity index (χ4v) is 2.98. The van der Waals surface area contributed by atoms with Crippen LogP contribution in [-0.2, 0) is 23.1 Å². The van der Waals surface area contributed by atoms with E-state index in [-0.39, 0.29) is 4.90 Å². The van der Waals surface area contributed by atoms with Gasteiger partial charge in [0.25, 0.3) is 0 Å². The molecule has 0 saturated heterocycles. The van der Waals surface area contributed by atoms with Gasteiger partial charge in [0.05, 0.1) is 5.69 Å². The lowest BCUT2D eigenvalue weighted by atomic mass is 10.1. The van der Waals surface area contributed by atoms with Crippen molar-refractivity contribution in [1.82, 2.24) is 4.72 Å². The molecule has 0 aromatic heterocycles. The zero-order valence-corrected chi connectivity index (χ0v) is 12.7. The summed E-state index contributed by atoms with van der Waals surface area (Å²) in [5, 5.41) is 3.17.